The van der Waals surface area contributed by atoms with Crippen LogP contribution in [0.3, 0.4) is 0 Å². The molecule has 0 amide bonds. The van der Waals surface area contributed by atoms with Crippen LogP contribution in [-0.2, 0) is 5.54 Å². The molecule has 6 nitrogen and oxygen atoms in total. The molecule has 0 aliphatic heterocycles. The van der Waals surface area contributed by atoms with E-state index in [4.69, 9.17) is 0 Å². The summed E-state index contributed by atoms with van der Waals surface area (Å²) in [5.74, 6) is 0. The van der Waals surface area contributed by atoms with Gasteiger partial charge in [-0.05, 0) is 42.1 Å². The normalized spacial score (nSPS) is 14.5. The monoisotopic (exact) mass is 233 g/mol. The first-order valence-corrected chi connectivity index (χ1v) is 5.33. The van der Waals surface area contributed by atoms with Crippen LogP contribution in [0.4, 0.5) is 0 Å². The molecule has 6 heteroatoms. The number of nitrogens with one attached hydrogen (secondary N) is 1. The second-order valence-corrected chi connectivity index (χ2v) is 4.04. The lowest BCUT2D eigenvalue weighted by Gasteiger charge is -2.27. The van der Waals surface area contributed by atoms with E-state index in [1.165, 1.54) is 6.33 Å². The molecule has 0 bridgehead atoms. The Morgan fingerprint density at radius 3 is 2.88 bits per heavy atom. The van der Waals surface area contributed by atoms with Gasteiger partial charge in [0.2, 0.25) is 0 Å². The number of aliphatic hydroxyl groups excluding tert-OH is 1. The van der Waals surface area contributed by atoms with Crippen molar-refractivity contribution in [1.82, 2.24) is 25.5 Å². The lowest BCUT2D eigenvalue weighted by molar-refractivity contribution is 0.183. The number of hydrogen-bond donors (Lipinski definition) is 2. The van der Waals surface area contributed by atoms with Gasteiger partial charge in [-0.1, -0.05) is 12.1 Å². The minimum Gasteiger partial charge on any atom is -0.394 e. The first-order valence-electron chi connectivity index (χ1n) is 5.33. The number of tetrazole rings is 1. The average molecular weight is 233 g/mol. The zero-order valence-electron chi connectivity index (χ0n) is 9.83. The molecule has 0 aliphatic rings. The fraction of sp³-hybridized carbons (Fsp3) is 0.364. The number of aliphatic hydroxyl groups is 1. The lowest BCUT2D eigenvalue weighted by Crippen LogP contribution is -2.40. The van der Waals surface area contributed by atoms with E-state index in [2.05, 4.69) is 20.8 Å². The predicted molar refractivity (Wildman–Crippen MR) is 62.7 cm³/mol. The highest BCUT2D eigenvalue weighted by atomic mass is 16.3. The van der Waals surface area contributed by atoms with Crippen molar-refractivity contribution in [3.8, 4) is 5.69 Å². The van der Waals surface area contributed by atoms with Gasteiger partial charge >= 0.3 is 0 Å². The third-order valence-electron chi connectivity index (χ3n) is 2.96. The van der Waals surface area contributed by atoms with Crippen LogP contribution in [-0.4, -0.2) is 39.0 Å². The van der Waals surface area contributed by atoms with E-state index < -0.39 is 5.54 Å². The van der Waals surface area contributed by atoms with E-state index in [-0.39, 0.29) is 6.61 Å². The number of hydrogen-bond acceptors (Lipinski definition) is 5. The third kappa shape index (κ3) is 2.17. The van der Waals surface area contributed by atoms with E-state index >= 15 is 0 Å². The molecular weight excluding hydrogens is 218 g/mol. The number of nitrogens with zero attached hydrogens (tertiary/aromatic N) is 4. The maximum Gasteiger partial charge on any atom is 0.143 e. The Bertz CT molecular complexity index is 478. The van der Waals surface area contributed by atoms with Gasteiger partial charge in [0.15, 0.2) is 0 Å². The second kappa shape index (κ2) is 4.60. The van der Waals surface area contributed by atoms with Gasteiger partial charge in [0.25, 0.3) is 0 Å². The molecule has 0 saturated carbocycles. The summed E-state index contributed by atoms with van der Waals surface area (Å²) in [7, 11) is 1.82. The topological polar surface area (TPSA) is 75.9 Å². The summed E-state index contributed by atoms with van der Waals surface area (Å²) in [6.07, 6.45) is 1.54. The summed E-state index contributed by atoms with van der Waals surface area (Å²) < 4.78 is 1.58. The largest absolute Gasteiger partial charge is 0.394 e. The van der Waals surface area contributed by atoms with Crippen molar-refractivity contribution in [2.24, 2.45) is 0 Å². The molecule has 1 aromatic heterocycles. The van der Waals surface area contributed by atoms with Gasteiger partial charge in [-0.3, -0.25) is 0 Å². The molecule has 2 N–H and O–H groups in total. The molecule has 0 aliphatic carbocycles. The molecule has 1 heterocycles. The Hall–Kier alpha value is -1.79. The van der Waals surface area contributed by atoms with Crippen molar-refractivity contribution in [3.63, 3.8) is 0 Å². The number of rotatable bonds is 4. The Kier molecular flexibility index (Phi) is 3.16. The fourth-order valence-corrected chi connectivity index (χ4v) is 1.59. The highest BCUT2D eigenvalue weighted by molar-refractivity contribution is 5.37. The molecule has 2 rings (SSSR count). The average Bonchev–Trinajstić information content (AvgIpc) is 2.92. The Morgan fingerprint density at radius 1 is 1.47 bits per heavy atom. The van der Waals surface area contributed by atoms with Crippen LogP contribution >= 0.6 is 0 Å². The van der Waals surface area contributed by atoms with Crippen molar-refractivity contribution in [2.45, 2.75) is 12.5 Å². The maximum absolute atomic E-state index is 9.45. The minimum atomic E-state index is -0.468. The molecule has 1 unspecified atom stereocenters. The van der Waals surface area contributed by atoms with Crippen molar-refractivity contribution in [2.75, 3.05) is 13.7 Å². The van der Waals surface area contributed by atoms with Crippen LogP contribution in [0.5, 0.6) is 0 Å². The standard InChI is InChI=1S/C11H15N5O/c1-11(7-17,12-2)9-4-3-5-10(6-9)16-8-13-14-15-16/h3-6,8,12,17H,7H2,1-2H3. The van der Waals surface area contributed by atoms with Gasteiger partial charge in [-0.25, -0.2) is 4.68 Å². The molecule has 1 aromatic carbocycles. The number of likely N-dealkylation sites (N-methyl/N-ethyl adjacent to an activating group) is 1. The molecule has 0 spiro atoms. The quantitative estimate of drug-likeness (QED) is 0.782. The number of benzene rings is 1. The van der Waals surface area contributed by atoms with Crippen LogP contribution in [0, 0.1) is 0 Å². The predicted octanol–water partition coefficient (Wildman–Crippen LogP) is 0.0892. The van der Waals surface area contributed by atoms with Crippen molar-refractivity contribution in [1.29, 1.82) is 0 Å². The van der Waals surface area contributed by atoms with E-state index in [9.17, 15) is 5.11 Å². The fourth-order valence-electron chi connectivity index (χ4n) is 1.59. The Balaban J connectivity index is 2.41. The Labute approximate surface area is 99.3 Å². The Morgan fingerprint density at radius 2 is 2.29 bits per heavy atom. The van der Waals surface area contributed by atoms with E-state index in [1.807, 2.05) is 38.2 Å². The van der Waals surface area contributed by atoms with Crippen LogP contribution < -0.4 is 5.32 Å². The molecule has 17 heavy (non-hydrogen) atoms. The van der Waals surface area contributed by atoms with E-state index in [0.717, 1.165) is 11.3 Å². The molecule has 0 fully saturated rings. The van der Waals surface area contributed by atoms with Crippen molar-refractivity contribution >= 4 is 0 Å². The molecule has 0 saturated heterocycles. The van der Waals surface area contributed by atoms with Crippen LogP contribution in [0.15, 0.2) is 30.6 Å². The molecule has 2 aromatic rings. The van der Waals surface area contributed by atoms with Gasteiger partial charge in [-0.15, -0.1) is 5.10 Å². The highest BCUT2D eigenvalue weighted by Crippen LogP contribution is 2.21. The molecule has 1 atom stereocenters. The zero-order valence-corrected chi connectivity index (χ0v) is 9.83. The first-order chi connectivity index (χ1) is 8.19. The highest BCUT2D eigenvalue weighted by Gasteiger charge is 2.23. The van der Waals surface area contributed by atoms with Crippen molar-refractivity contribution < 1.29 is 5.11 Å². The summed E-state index contributed by atoms with van der Waals surface area (Å²) >= 11 is 0. The maximum atomic E-state index is 9.45. The van der Waals surface area contributed by atoms with Crippen molar-refractivity contribution in [3.05, 3.63) is 36.2 Å². The van der Waals surface area contributed by atoms with Gasteiger partial charge < -0.3 is 10.4 Å². The molecule has 0 radical (unpaired) electrons. The second-order valence-electron chi connectivity index (χ2n) is 4.04. The summed E-state index contributed by atoms with van der Waals surface area (Å²) in [6, 6.07) is 7.73. The summed E-state index contributed by atoms with van der Waals surface area (Å²) in [4.78, 5) is 0. The van der Waals surface area contributed by atoms with Gasteiger partial charge in [-0.2, -0.15) is 0 Å². The van der Waals surface area contributed by atoms with Crippen LogP contribution in [0.2, 0.25) is 0 Å². The smallest absolute Gasteiger partial charge is 0.143 e. The molecule has 90 valence electrons. The van der Waals surface area contributed by atoms with Gasteiger partial charge in [0.05, 0.1) is 17.8 Å². The summed E-state index contributed by atoms with van der Waals surface area (Å²) in [6.45, 7) is 1.95. The van der Waals surface area contributed by atoms with Gasteiger partial charge in [0, 0.05) is 0 Å². The molecular formula is C11H15N5O. The first kappa shape index (κ1) is 11.7. The number of aromatic nitrogens is 4. The van der Waals surface area contributed by atoms with Crippen LogP contribution in [0.1, 0.15) is 12.5 Å². The lowest BCUT2D eigenvalue weighted by atomic mass is 9.93. The van der Waals surface area contributed by atoms with Gasteiger partial charge in [0.1, 0.15) is 6.33 Å². The van der Waals surface area contributed by atoms with E-state index in [0.29, 0.717) is 0 Å². The SMILES string of the molecule is CNC(C)(CO)c1cccc(-n2cnnn2)c1. The van der Waals surface area contributed by atoms with Crippen LogP contribution in [0.25, 0.3) is 5.69 Å². The van der Waals surface area contributed by atoms with E-state index in [1.54, 1.807) is 4.68 Å². The zero-order chi connectivity index (χ0) is 12.3. The summed E-state index contributed by atoms with van der Waals surface area (Å²) in [5, 5.41) is 23.6. The third-order valence-corrected chi connectivity index (χ3v) is 2.96. The summed E-state index contributed by atoms with van der Waals surface area (Å²) in [5.41, 5.74) is 1.38. The minimum absolute atomic E-state index is 0.0164.